The Labute approximate surface area is 120 Å². The quantitative estimate of drug-likeness (QED) is 0.833. The first-order valence-corrected chi connectivity index (χ1v) is 8.61. The van der Waals surface area contributed by atoms with Gasteiger partial charge in [-0.2, -0.15) is 11.8 Å². The molecular formula is C14H26N2O2S. The van der Waals surface area contributed by atoms with Crippen LogP contribution in [0.2, 0.25) is 0 Å². The molecule has 0 bridgehead atoms. The molecule has 2 aliphatic rings. The van der Waals surface area contributed by atoms with E-state index in [1.807, 2.05) is 11.8 Å². The summed E-state index contributed by atoms with van der Waals surface area (Å²) in [5.41, 5.74) is 0. The molecule has 2 amide bonds. The van der Waals surface area contributed by atoms with E-state index in [9.17, 15) is 4.79 Å². The average Bonchev–Trinajstić information content (AvgIpc) is 2.47. The summed E-state index contributed by atoms with van der Waals surface area (Å²) in [6, 6.07) is 0.239. The van der Waals surface area contributed by atoms with Crippen LogP contribution in [-0.4, -0.2) is 43.3 Å². The van der Waals surface area contributed by atoms with E-state index in [0.29, 0.717) is 11.8 Å². The summed E-state index contributed by atoms with van der Waals surface area (Å²) in [7, 11) is 0. The van der Waals surface area contributed by atoms with Gasteiger partial charge >= 0.3 is 6.03 Å². The molecule has 19 heavy (non-hydrogen) atoms. The van der Waals surface area contributed by atoms with Crippen LogP contribution in [0.4, 0.5) is 4.79 Å². The zero-order valence-electron chi connectivity index (χ0n) is 11.8. The summed E-state index contributed by atoms with van der Waals surface area (Å²) < 4.78 is 5.35. The Kier molecular flexibility index (Phi) is 6.31. The molecule has 1 unspecified atom stereocenters. The van der Waals surface area contributed by atoms with Crippen LogP contribution in [0.3, 0.4) is 0 Å². The van der Waals surface area contributed by atoms with E-state index in [0.717, 1.165) is 32.6 Å². The van der Waals surface area contributed by atoms with Crippen molar-refractivity contribution < 1.29 is 9.53 Å². The standard InChI is InChI=1S/C14H26N2O2S/c1-11(13-2-6-18-7-3-13)16-14(17)15-10-12-4-8-19-9-5-12/h11-13H,2-10H2,1H3,(H2,15,16,17). The van der Waals surface area contributed by atoms with E-state index in [-0.39, 0.29) is 12.1 Å². The lowest BCUT2D eigenvalue weighted by Crippen LogP contribution is -2.46. The molecule has 0 aliphatic carbocycles. The van der Waals surface area contributed by atoms with Gasteiger partial charge in [0.1, 0.15) is 0 Å². The topological polar surface area (TPSA) is 50.4 Å². The van der Waals surface area contributed by atoms with Gasteiger partial charge in [0.2, 0.25) is 0 Å². The van der Waals surface area contributed by atoms with Crippen LogP contribution >= 0.6 is 11.8 Å². The second kappa shape index (κ2) is 8.00. The summed E-state index contributed by atoms with van der Waals surface area (Å²) in [6.45, 7) is 4.59. The van der Waals surface area contributed by atoms with Crippen LogP contribution in [0.1, 0.15) is 32.6 Å². The predicted octanol–water partition coefficient (Wildman–Crippen LogP) is 2.24. The van der Waals surface area contributed by atoms with Crippen LogP contribution in [-0.2, 0) is 4.74 Å². The van der Waals surface area contributed by atoms with E-state index in [4.69, 9.17) is 4.74 Å². The number of urea groups is 1. The van der Waals surface area contributed by atoms with Crippen molar-refractivity contribution in [1.82, 2.24) is 10.6 Å². The second-order valence-corrected chi connectivity index (χ2v) is 6.87. The molecule has 0 aromatic heterocycles. The number of ether oxygens (including phenoxy) is 1. The van der Waals surface area contributed by atoms with Crippen molar-refractivity contribution in [3.63, 3.8) is 0 Å². The first kappa shape index (κ1) is 15.0. The Bertz CT molecular complexity index is 277. The van der Waals surface area contributed by atoms with Gasteiger partial charge in [-0.1, -0.05) is 0 Å². The third-order valence-electron chi connectivity index (χ3n) is 4.22. The maximum absolute atomic E-state index is 11.9. The number of amides is 2. The van der Waals surface area contributed by atoms with Crippen LogP contribution in [0.5, 0.6) is 0 Å². The van der Waals surface area contributed by atoms with Crippen molar-refractivity contribution in [1.29, 1.82) is 0 Å². The van der Waals surface area contributed by atoms with E-state index in [2.05, 4.69) is 17.6 Å². The molecule has 5 heteroatoms. The molecule has 0 spiro atoms. The molecule has 4 nitrogen and oxygen atoms in total. The van der Waals surface area contributed by atoms with Crippen molar-refractivity contribution in [3.8, 4) is 0 Å². The second-order valence-electron chi connectivity index (χ2n) is 5.65. The minimum atomic E-state index is -0.00258. The Balaban J connectivity index is 1.62. The lowest BCUT2D eigenvalue weighted by Gasteiger charge is -2.29. The molecule has 110 valence electrons. The molecular weight excluding hydrogens is 260 g/mol. The third-order valence-corrected chi connectivity index (χ3v) is 5.27. The Hall–Kier alpha value is -0.420. The summed E-state index contributed by atoms with van der Waals surface area (Å²) in [4.78, 5) is 11.9. The third kappa shape index (κ3) is 5.22. The van der Waals surface area contributed by atoms with Crippen molar-refractivity contribution in [2.24, 2.45) is 11.8 Å². The van der Waals surface area contributed by atoms with Gasteiger partial charge < -0.3 is 15.4 Å². The number of nitrogens with one attached hydrogen (secondary N) is 2. The molecule has 2 rings (SSSR count). The maximum atomic E-state index is 11.9. The van der Waals surface area contributed by atoms with Gasteiger partial charge in [0.05, 0.1) is 0 Å². The van der Waals surface area contributed by atoms with E-state index >= 15 is 0 Å². The van der Waals surface area contributed by atoms with Crippen molar-refractivity contribution in [2.75, 3.05) is 31.3 Å². The van der Waals surface area contributed by atoms with Gasteiger partial charge in [-0.25, -0.2) is 4.79 Å². The van der Waals surface area contributed by atoms with Crippen molar-refractivity contribution >= 4 is 17.8 Å². The Morgan fingerprint density at radius 3 is 2.63 bits per heavy atom. The molecule has 0 aromatic rings. The molecule has 2 saturated heterocycles. The number of thioether (sulfide) groups is 1. The largest absolute Gasteiger partial charge is 0.381 e. The van der Waals surface area contributed by atoms with Crippen molar-refractivity contribution in [2.45, 2.75) is 38.6 Å². The summed E-state index contributed by atoms with van der Waals surface area (Å²) in [6.07, 6.45) is 4.59. The fourth-order valence-corrected chi connectivity index (χ4v) is 3.98. The minimum absolute atomic E-state index is 0.00258. The first-order chi connectivity index (χ1) is 9.25. The zero-order valence-corrected chi connectivity index (χ0v) is 12.6. The van der Waals surface area contributed by atoms with Gasteiger partial charge in [-0.15, -0.1) is 0 Å². The Morgan fingerprint density at radius 1 is 1.26 bits per heavy atom. The number of hydrogen-bond acceptors (Lipinski definition) is 3. The Morgan fingerprint density at radius 2 is 1.95 bits per heavy atom. The van der Waals surface area contributed by atoms with Gasteiger partial charge in [-0.3, -0.25) is 0 Å². The molecule has 1 atom stereocenters. The highest BCUT2D eigenvalue weighted by Crippen LogP contribution is 2.22. The van der Waals surface area contributed by atoms with E-state index in [1.165, 1.54) is 24.3 Å². The molecule has 0 saturated carbocycles. The molecule has 2 heterocycles. The zero-order chi connectivity index (χ0) is 13.5. The lowest BCUT2D eigenvalue weighted by molar-refractivity contribution is 0.0571. The van der Waals surface area contributed by atoms with Crippen LogP contribution in [0, 0.1) is 11.8 Å². The number of carbonyl (C=O) groups is 1. The van der Waals surface area contributed by atoms with Gasteiger partial charge in [-0.05, 0) is 55.9 Å². The summed E-state index contributed by atoms with van der Waals surface area (Å²) in [5, 5.41) is 6.11. The molecule has 2 aliphatic heterocycles. The fourth-order valence-electron chi connectivity index (χ4n) is 2.78. The van der Waals surface area contributed by atoms with E-state index < -0.39 is 0 Å². The SMILES string of the molecule is CC(NC(=O)NCC1CCSCC1)C1CCOCC1. The highest BCUT2D eigenvalue weighted by atomic mass is 32.2. The molecule has 0 aromatic carbocycles. The molecule has 2 fully saturated rings. The predicted molar refractivity (Wildman–Crippen MR) is 79.6 cm³/mol. The smallest absolute Gasteiger partial charge is 0.315 e. The van der Waals surface area contributed by atoms with Crippen molar-refractivity contribution in [3.05, 3.63) is 0 Å². The first-order valence-electron chi connectivity index (χ1n) is 7.45. The fraction of sp³-hybridized carbons (Fsp3) is 0.929. The minimum Gasteiger partial charge on any atom is -0.381 e. The molecule has 2 N–H and O–H groups in total. The van der Waals surface area contributed by atoms with Gasteiger partial charge in [0, 0.05) is 25.8 Å². The number of rotatable bonds is 4. The number of carbonyl (C=O) groups excluding carboxylic acids is 1. The number of hydrogen-bond donors (Lipinski definition) is 2. The maximum Gasteiger partial charge on any atom is 0.315 e. The summed E-state index contributed by atoms with van der Waals surface area (Å²) >= 11 is 2.02. The van der Waals surface area contributed by atoms with Crippen LogP contribution < -0.4 is 10.6 Å². The summed E-state index contributed by atoms with van der Waals surface area (Å²) in [5.74, 6) is 3.72. The molecule has 0 radical (unpaired) electrons. The van der Waals surface area contributed by atoms with Crippen LogP contribution in [0.15, 0.2) is 0 Å². The van der Waals surface area contributed by atoms with Gasteiger partial charge in [0.15, 0.2) is 0 Å². The monoisotopic (exact) mass is 286 g/mol. The van der Waals surface area contributed by atoms with Gasteiger partial charge in [0.25, 0.3) is 0 Å². The average molecular weight is 286 g/mol. The lowest BCUT2D eigenvalue weighted by atomic mass is 9.93. The van der Waals surface area contributed by atoms with Crippen LogP contribution in [0.25, 0.3) is 0 Å². The normalized spacial score (nSPS) is 23.8. The van der Waals surface area contributed by atoms with E-state index in [1.54, 1.807) is 0 Å². The highest BCUT2D eigenvalue weighted by molar-refractivity contribution is 7.99. The highest BCUT2D eigenvalue weighted by Gasteiger charge is 2.22.